The molecule has 1 saturated heterocycles. The van der Waals surface area contributed by atoms with Crippen molar-refractivity contribution in [3.63, 3.8) is 0 Å². The summed E-state index contributed by atoms with van der Waals surface area (Å²) in [5, 5.41) is 0. The van der Waals surface area contributed by atoms with Crippen molar-refractivity contribution in [3.05, 3.63) is 23.3 Å². The Hall–Kier alpha value is -0.640. The molecule has 0 amide bonds. The van der Waals surface area contributed by atoms with E-state index in [1.807, 2.05) is 0 Å². The molecule has 3 nitrogen and oxygen atoms in total. The molecule has 3 heteroatoms. The maximum absolute atomic E-state index is 6.02. The largest absolute Gasteiger partial charge is 0.378 e. The molecule has 0 radical (unpaired) electrons. The van der Waals surface area contributed by atoms with Crippen LogP contribution in [0.4, 0.5) is 0 Å². The van der Waals surface area contributed by atoms with E-state index in [1.54, 1.807) is 12.7 Å². The van der Waals surface area contributed by atoms with Crippen molar-refractivity contribution >= 4 is 0 Å². The van der Waals surface area contributed by atoms with Crippen molar-refractivity contribution in [2.45, 2.75) is 71.6 Å². The lowest BCUT2D eigenvalue weighted by Crippen LogP contribution is -2.44. The minimum atomic E-state index is 0.191. The second kappa shape index (κ2) is 9.39. The third kappa shape index (κ3) is 5.93. The van der Waals surface area contributed by atoms with Gasteiger partial charge in [-0.05, 0) is 46.5 Å². The Morgan fingerprint density at radius 3 is 2.48 bits per heavy atom. The Kier molecular flexibility index (Phi) is 8.23. The molecule has 1 aliphatic rings. The first-order valence-electron chi connectivity index (χ1n) is 8.37. The normalized spacial score (nSPS) is 22.4. The summed E-state index contributed by atoms with van der Waals surface area (Å²) in [6.45, 7) is 11.2. The van der Waals surface area contributed by atoms with E-state index in [4.69, 9.17) is 10.5 Å². The zero-order valence-electron chi connectivity index (χ0n) is 14.6. The Labute approximate surface area is 131 Å². The lowest BCUT2D eigenvalue weighted by atomic mass is 9.94. The highest BCUT2D eigenvalue weighted by molar-refractivity contribution is 5.21. The summed E-state index contributed by atoms with van der Waals surface area (Å²) >= 11 is 0. The van der Waals surface area contributed by atoms with Crippen molar-refractivity contribution in [3.8, 4) is 0 Å². The topological polar surface area (TPSA) is 38.5 Å². The minimum Gasteiger partial charge on any atom is -0.378 e. The maximum Gasteiger partial charge on any atom is 0.0723 e. The van der Waals surface area contributed by atoms with E-state index < -0.39 is 0 Å². The van der Waals surface area contributed by atoms with Gasteiger partial charge in [-0.25, -0.2) is 0 Å². The van der Waals surface area contributed by atoms with Crippen LogP contribution in [0.3, 0.4) is 0 Å². The van der Waals surface area contributed by atoms with Gasteiger partial charge in [0.15, 0.2) is 0 Å². The van der Waals surface area contributed by atoms with Crippen LogP contribution >= 0.6 is 0 Å². The van der Waals surface area contributed by atoms with Gasteiger partial charge in [-0.3, -0.25) is 4.90 Å². The van der Waals surface area contributed by atoms with Gasteiger partial charge in [-0.1, -0.05) is 30.2 Å². The number of ether oxygens (including phenoxy) is 1. The van der Waals surface area contributed by atoms with E-state index in [9.17, 15) is 0 Å². The quantitative estimate of drug-likeness (QED) is 0.730. The van der Waals surface area contributed by atoms with E-state index in [1.165, 1.54) is 5.57 Å². The molecule has 0 spiro atoms. The highest BCUT2D eigenvalue weighted by Crippen LogP contribution is 2.23. The molecule has 1 heterocycles. The average Bonchev–Trinajstić information content (AvgIpc) is 2.50. The summed E-state index contributed by atoms with van der Waals surface area (Å²) in [5.74, 6) is 0. The third-order valence-corrected chi connectivity index (χ3v) is 4.82. The van der Waals surface area contributed by atoms with Crippen molar-refractivity contribution < 1.29 is 4.74 Å². The molecule has 2 atom stereocenters. The molecule has 0 aromatic rings. The molecule has 21 heavy (non-hydrogen) atoms. The Morgan fingerprint density at radius 2 is 1.95 bits per heavy atom. The summed E-state index contributed by atoms with van der Waals surface area (Å²) in [6, 6.07) is 0.913. The number of hydrogen-bond acceptors (Lipinski definition) is 3. The monoisotopic (exact) mass is 294 g/mol. The number of nitrogens with two attached hydrogens (primary N) is 1. The van der Waals surface area contributed by atoms with E-state index in [-0.39, 0.29) is 6.10 Å². The van der Waals surface area contributed by atoms with Gasteiger partial charge in [0.05, 0.1) is 6.10 Å². The fraction of sp³-hybridized carbons (Fsp3) is 0.778. The number of allylic oxidation sites excluding steroid dienone is 2. The summed E-state index contributed by atoms with van der Waals surface area (Å²) in [5.41, 5.74) is 9.11. The maximum atomic E-state index is 6.02. The summed E-state index contributed by atoms with van der Waals surface area (Å²) in [7, 11) is 1.75. The standard InChI is InChI=1S/C18H34N2O/c1-6-14(2)18(9-7-8-15(3)21-5)16(4)20-12-10-17(19)11-13-20/h7-8,15-17H,6,9-13,19H2,1-5H3/b8-7-,18-14+. The molecule has 2 N–H and O–H groups in total. The predicted molar refractivity (Wildman–Crippen MR) is 91.5 cm³/mol. The first-order chi connectivity index (χ1) is 9.99. The van der Waals surface area contributed by atoms with Crippen LogP contribution in [0.1, 0.15) is 53.4 Å². The molecule has 0 bridgehead atoms. The van der Waals surface area contributed by atoms with Crippen molar-refractivity contribution in [1.82, 2.24) is 4.90 Å². The van der Waals surface area contributed by atoms with Crippen molar-refractivity contribution in [1.29, 1.82) is 0 Å². The lowest BCUT2D eigenvalue weighted by Gasteiger charge is -2.36. The lowest BCUT2D eigenvalue weighted by molar-refractivity contribution is 0.156. The Balaban J connectivity index is 2.71. The highest BCUT2D eigenvalue weighted by Gasteiger charge is 2.23. The smallest absolute Gasteiger partial charge is 0.0723 e. The number of likely N-dealkylation sites (tertiary alicyclic amines) is 1. The molecule has 0 aromatic carbocycles. The highest BCUT2D eigenvalue weighted by atomic mass is 16.5. The molecule has 1 rings (SSSR count). The van der Waals surface area contributed by atoms with Gasteiger partial charge in [0, 0.05) is 32.3 Å². The first kappa shape index (κ1) is 18.4. The van der Waals surface area contributed by atoms with Gasteiger partial charge >= 0.3 is 0 Å². The molecular formula is C18H34N2O. The zero-order chi connectivity index (χ0) is 15.8. The van der Waals surface area contributed by atoms with Gasteiger partial charge in [0.1, 0.15) is 0 Å². The van der Waals surface area contributed by atoms with Gasteiger partial charge in [-0.15, -0.1) is 0 Å². The number of methoxy groups -OCH3 is 1. The van der Waals surface area contributed by atoms with E-state index in [2.05, 4.69) is 44.7 Å². The van der Waals surface area contributed by atoms with Crippen LogP contribution in [0.25, 0.3) is 0 Å². The average molecular weight is 294 g/mol. The number of nitrogens with zero attached hydrogens (tertiary/aromatic N) is 1. The number of rotatable bonds is 7. The van der Waals surface area contributed by atoms with Crippen LogP contribution in [0.15, 0.2) is 23.3 Å². The van der Waals surface area contributed by atoms with Gasteiger partial charge in [0.25, 0.3) is 0 Å². The van der Waals surface area contributed by atoms with E-state index in [0.717, 1.165) is 38.8 Å². The van der Waals surface area contributed by atoms with Crippen molar-refractivity contribution in [2.75, 3.05) is 20.2 Å². The zero-order valence-corrected chi connectivity index (χ0v) is 14.6. The molecule has 0 aromatic heterocycles. The number of hydrogen-bond donors (Lipinski definition) is 1. The van der Waals surface area contributed by atoms with Gasteiger partial charge < -0.3 is 10.5 Å². The van der Waals surface area contributed by atoms with Crippen LogP contribution in [0.2, 0.25) is 0 Å². The van der Waals surface area contributed by atoms with Crippen LogP contribution in [0.5, 0.6) is 0 Å². The SMILES string of the molecule is CC/C(C)=C(\C/C=C\C(C)OC)C(C)N1CCC(N)CC1. The molecule has 122 valence electrons. The molecule has 0 saturated carbocycles. The second-order valence-corrected chi connectivity index (χ2v) is 6.28. The van der Waals surface area contributed by atoms with Crippen molar-refractivity contribution in [2.24, 2.45) is 5.73 Å². The number of piperidine rings is 1. The summed E-state index contributed by atoms with van der Waals surface area (Å²) < 4.78 is 5.28. The fourth-order valence-corrected chi connectivity index (χ4v) is 2.92. The van der Waals surface area contributed by atoms with Crippen LogP contribution in [-0.2, 0) is 4.74 Å². The van der Waals surface area contributed by atoms with Crippen LogP contribution in [0, 0.1) is 0 Å². The third-order valence-electron chi connectivity index (χ3n) is 4.82. The molecule has 0 aliphatic carbocycles. The minimum absolute atomic E-state index is 0.191. The Bertz CT molecular complexity index is 354. The summed E-state index contributed by atoms with van der Waals surface area (Å²) in [4.78, 5) is 2.59. The molecule has 1 fully saturated rings. The van der Waals surface area contributed by atoms with Gasteiger partial charge in [0.2, 0.25) is 0 Å². The molecule has 2 unspecified atom stereocenters. The van der Waals surface area contributed by atoms with Crippen LogP contribution < -0.4 is 5.73 Å². The van der Waals surface area contributed by atoms with Gasteiger partial charge in [-0.2, -0.15) is 0 Å². The summed E-state index contributed by atoms with van der Waals surface area (Å²) in [6.07, 6.45) is 9.00. The van der Waals surface area contributed by atoms with Crippen LogP contribution in [-0.4, -0.2) is 43.3 Å². The van der Waals surface area contributed by atoms with E-state index in [0.29, 0.717) is 12.1 Å². The fourth-order valence-electron chi connectivity index (χ4n) is 2.92. The van der Waals surface area contributed by atoms with E-state index >= 15 is 0 Å². The first-order valence-corrected chi connectivity index (χ1v) is 8.37. The second-order valence-electron chi connectivity index (χ2n) is 6.28. The molecular weight excluding hydrogens is 260 g/mol. The molecule has 1 aliphatic heterocycles. The predicted octanol–water partition coefficient (Wildman–Crippen LogP) is 3.51. The Morgan fingerprint density at radius 1 is 1.33 bits per heavy atom.